The number of rotatable bonds is 4. The molecule has 2 unspecified atom stereocenters. The van der Waals surface area contributed by atoms with E-state index in [4.69, 9.17) is 5.73 Å². The first-order chi connectivity index (χ1) is 9.07. The van der Waals surface area contributed by atoms with Crippen molar-refractivity contribution in [1.82, 2.24) is 8.61 Å². The van der Waals surface area contributed by atoms with Crippen LogP contribution in [0.3, 0.4) is 0 Å². The van der Waals surface area contributed by atoms with Crippen LogP contribution >= 0.6 is 0 Å². The minimum atomic E-state index is -3.29. The number of nitrogens with zero attached hydrogens (tertiary/aromatic N) is 2. The molecular weight excluding hydrogens is 262 g/mol. The Morgan fingerprint density at radius 2 is 1.74 bits per heavy atom. The van der Waals surface area contributed by atoms with Gasteiger partial charge in [0.2, 0.25) is 0 Å². The summed E-state index contributed by atoms with van der Waals surface area (Å²) in [6.07, 6.45) is 7.41. The van der Waals surface area contributed by atoms with Crippen molar-refractivity contribution in [1.29, 1.82) is 0 Å². The topological polar surface area (TPSA) is 66.6 Å². The summed E-state index contributed by atoms with van der Waals surface area (Å²) in [6, 6.07) is 0.0886. The van der Waals surface area contributed by atoms with Gasteiger partial charge in [-0.1, -0.05) is 19.3 Å². The zero-order chi connectivity index (χ0) is 13.9. The number of hydrogen-bond donors (Lipinski definition) is 1. The van der Waals surface area contributed by atoms with Gasteiger partial charge in [0.15, 0.2) is 0 Å². The van der Waals surface area contributed by atoms with Gasteiger partial charge in [-0.3, -0.25) is 0 Å². The Morgan fingerprint density at radius 1 is 1.11 bits per heavy atom. The van der Waals surface area contributed by atoms with Crippen molar-refractivity contribution in [3.63, 3.8) is 0 Å². The van der Waals surface area contributed by atoms with E-state index in [1.165, 1.54) is 6.42 Å². The lowest BCUT2D eigenvalue weighted by Gasteiger charge is -2.39. The first kappa shape index (κ1) is 15.2. The Bertz CT molecular complexity index is 379. The maximum Gasteiger partial charge on any atom is 0.281 e. The second-order valence-corrected chi connectivity index (χ2v) is 7.82. The Labute approximate surface area is 117 Å². The van der Waals surface area contributed by atoms with Crippen LogP contribution in [0.15, 0.2) is 0 Å². The molecular formula is C13H27N3O2S. The molecule has 0 aromatic heterocycles. The molecule has 1 aliphatic heterocycles. The predicted molar refractivity (Wildman–Crippen MR) is 76.9 cm³/mol. The summed E-state index contributed by atoms with van der Waals surface area (Å²) in [6.45, 7) is 1.93. The quantitative estimate of drug-likeness (QED) is 0.844. The average molecular weight is 289 g/mol. The second kappa shape index (κ2) is 6.52. The van der Waals surface area contributed by atoms with Crippen LogP contribution in [-0.4, -0.2) is 49.8 Å². The standard InChI is InChI=1S/C13H27N3O2S/c1-15(13-8-4-3-7-12(13)11-14)19(17,18)16-9-5-2-6-10-16/h12-13H,2-11,14H2,1H3. The SMILES string of the molecule is CN(C1CCCCC1CN)S(=O)(=O)N1CCCCC1. The second-order valence-electron chi connectivity index (χ2n) is 5.83. The molecule has 0 aromatic carbocycles. The van der Waals surface area contributed by atoms with Crippen molar-refractivity contribution in [2.24, 2.45) is 11.7 Å². The van der Waals surface area contributed by atoms with Gasteiger partial charge in [-0.15, -0.1) is 0 Å². The van der Waals surface area contributed by atoms with E-state index in [1.54, 1.807) is 15.7 Å². The van der Waals surface area contributed by atoms with Gasteiger partial charge in [0, 0.05) is 26.2 Å². The zero-order valence-corrected chi connectivity index (χ0v) is 12.7. The minimum Gasteiger partial charge on any atom is -0.330 e. The van der Waals surface area contributed by atoms with Crippen LogP contribution in [0, 0.1) is 5.92 Å². The molecule has 2 rings (SSSR count). The van der Waals surface area contributed by atoms with E-state index >= 15 is 0 Å². The highest BCUT2D eigenvalue weighted by atomic mass is 32.2. The highest BCUT2D eigenvalue weighted by Gasteiger charge is 2.37. The Morgan fingerprint density at radius 3 is 2.37 bits per heavy atom. The summed E-state index contributed by atoms with van der Waals surface area (Å²) >= 11 is 0. The van der Waals surface area contributed by atoms with Gasteiger partial charge in [0.05, 0.1) is 0 Å². The molecule has 2 aliphatic rings. The molecule has 112 valence electrons. The van der Waals surface area contributed by atoms with E-state index in [-0.39, 0.29) is 6.04 Å². The lowest BCUT2D eigenvalue weighted by Crippen LogP contribution is -2.52. The van der Waals surface area contributed by atoms with Gasteiger partial charge in [-0.25, -0.2) is 0 Å². The van der Waals surface area contributed by atoms with Crippen molar-refractivity contribution in [3.8, 4) is 0 Å². The van der Waals surface area contributed by atoms with E-state index in [2.05, 4.69) is 0 Å². The van der Waals surface area contributed by atoms with Gasteiger partial charge in [-0.2, -0.15) is 17.0 Å². The number of hydrogen-bond acceptors (Lipinski definition) is 3. The molecule has 6 heteroatoms. The summed E-state index contributed by atoms with van der Waals surface area (Å²) in [4.78, 5) is 0. The van der Waals surface area contributed by atoms with Gasteiger partial charge in [-0.05, 0) is 38.1 Å². The van der Waals surface area contributed by atoms with Gasteiger partial charge in [0.25, 0.3) is 10.2 Å². The zero-order valence-electron chi connectivity index (χ0n) is 11.9. The number of nitrogens with two attached hydrogens (primary N) is 1. The third-order valence-electron chi connectivity index (χ3n) is 4.64. The summed E-state index contributed by atoms with van der Waals surface area (Å²) in [7, 11) is -1.55. The van der Waals surface area contributed by atoms with Crippen LogP contribution in [0.1, 0.15) is 44.9 Å². The van der Waals surface area contributed by atoms with E-state index in [1.807, 2.05) is 0 Å². The normalized spacial score (nSPS) is 30.7. The van der Waals surface area contributed by atoms with Crippen LogP contribution in [-0.2, 0) is 10.2 Å². The van der Waals surface area contributed by atoms with Crippen molar-refractivity contribution >= 4 is 10.2 Å². The van der Waals surface area contributed by atoms with Gasteiger partial charge in [0.1, 0.15) is 0 Å². The molecule has 0 radical (unpaired) electrons. The van der Waals surface area contributed by atoms with Crippen molar-refractivity contribution in [2.75, 3.05) is 26.7 Å². The van der Waals surface area contributed by atoms with Crippen LogP contribution in [0.5, 0.6) is 0 Å². The fourth-order valence-electron chi connectivity index (χ4n) is 3.39. The molecule has 0 spiro atoms. The Kier molecular flexibility index (Phi) is 5.22. The molecule has 2 N–H and O–H groups in total. The van der Waals surface area contributed by atoms with E-state index < -0.39 is 10.2 Å². The number of piperidine rings is 1. The smallest absolute Gasteiger partial charge is 0.281 e. The first-order valence-corrected chi connectivity index (χ1v) is 8.90. The maximum atomic E-state index is 12.7. The monoisotopic (exact) mass is 289 g/mol. The fourth-order valence-corrected chi connectivity index (χ4v) is 5.09. The highest BCUT2D eigenvalue weighted by Crippen LogP contribution is 2.30. The largest absolute Gasteiger partial charge is 0.330 e. The van der Waals surface area contributed by atoms with E-state index in [9.17, 15) is 8.42 Å². The van der Waals surface area contributed by atoms with Crippen molar-refractivity contribution in [3.05, 3.63) is 0 Å². The van der Waals surface area contributed by atoms with Crippen LogP contribution in [0.2, 0.25) is 0 Å². The summed E-state index contributed by atoms with van der Waals surface area (Å²) < 4.78 is 28.6. The molecule has 2 atom stereocenters. The molecule has 0 aromatic rings. The van der Waals surface area contributed by atoms with Crippen molar-refractivity contribution < 1.29 is 8.42 Å². The molecule has 19 heavy (non-hydrogen) atoms. The van der Waals surface area contributed by atoms with Crippen LogP contribution < -0.4 is 5.73 Å². The summed E-state index contributed by atoms with van der Waals surface area (Å²) in [5.41, 5.74) is 5.82. The average Bonchev–Trinajstić information content (AvgIpc) is 2.47. The molecule has 0 amide bonds. The molecule has 5 nitrogen and oxygen atoms in total. The van der Waals surface area contributed by atoms with Gasteiger partial charge >= 0.3 is 0 Å². The molecule has 0 bridgehead atoms. The van der Waals surface area contributed by atoms with Crippen LogP contribution in [0.4, 0.5) is 0 Å². The van der Waals surface area contributed by atoms with Crippen LogP contribution in [0.25, 0.3) is 0 Å². The molecule has 1 aliphatic carbocycles. The Balaban J connectivity index is 2.09. The highest BCUT2D eigenvalue weighted by molar-refractivity contribution is 7.86. The molecule has 1 saturated heterocycles. The van der Waals surface area contributed by atoms with E-state index in [0.717, 1.165) is 38.5 Å². The summed E-state index contributed by atoms with van der Waals surface area (Å²) in [5.74, 6) is 0.318. The third-order valence-corrected chi connectivity index (χ3v) is 6.66. The van der Waals surface area contributed by atoms with E-state index in [0.29, 0.717) is 25.6 Å². The first-order valence-electron chi connectivity index (χ1n) is 7.50. The lowest BCUT2D eigenvalue weighted by atomic mass is 9.85. The van der Waals surface area contributed by atoms with Crippen molar-refractivity contribution in [2.45, 2.75) is 51.0 Å². The molecule has 1 saturated carbocycles. The maximum absolute atomic E-state index is 12.7. The minimum absolute atomic E-state index is 0.0886. The molecule has 1 heterocycles. The van der Waals surface area contributed by atoms with Gasteiger partial charge < -0.3 is 5.73 Å². The fraction of sp³-hybridized carbons (Fsp3) is 1.00. The molecule has 2 fully saturated rings. The summed E-state index contributed by atoms with van der Waals surface area (Å²) in [5, 5.41) is 0. The predicted octanol–water partition coefficient (Wildman–Crippen LogP) is 1.17. The lowest BCUT2D eigenvalue weighted by molar-refractivity contribution is 0.190. The third kappa shape index (κ3) is 3.29. The Hall–Kier alpha value is -0.170.